The van der Waals surface area contributed by atoms with E-state index in [0.717, 1.165) is 28.7 Å². The third-order valence-electron chi connectivity index (χ3n) is 7.11. The van der Waals surface area contributed by atoms with Gasteiger partial charge in [-0.1, -0.05) is 70.0 Å². The second-order valence-corrected chi connectivity index (χ2v) is 13.0. The van der Waals surface area contributed by atoms with E-state index in [4.69, 9.17) is 39.5 Å². The van der Waals surface area contributed by atoms with E-state index in [1.807, 2.05) is 12.1 Å². The number of thiazole rings is 1. The molecule has 4 aromatic rings. The number of rotatable bonds is 6. The number of amides is 3. The lowest BCUT2D eigenvalue weighted by Gasteiger charge is -2.30. The van der Waals surface area contributed by atoms with Crippen molar-refractivity contribution < 1.29 is 19.1 Å². The van der Waals surface area contributed by atoms with Crippen molar-refractivity contribution in [1.82, 2.24) is 4.57 Å². The molecule has 1 N–H and O–H groups in total. The van der Waals surface area contributed by atoms with Crippen LogP contribution in [0.4, 0.5) is 11.4 Å². The fourth-order valence-corrected chi connectivity index (χ4v) is 8.39. The number of hydrogen-bond acceptors (Lipinski definition) is 7. The van der Waals surface area contributed by atoms with Gasteiger partial charge in [0.2, 0.25) is 17.7 Å². The van der Waals surface area contributed by atoms with Crippen LogP contribution in [0, 0.1) is 5.92 Å². The minimum absolute atomic E-state index is 0.276. The second kappa shape index (κ2) is 11.4. The van der Waals surface area contributed by atoms with E-state index in [1.54, 1.807) is 55.6 Å². The number of aromatic nitrogens is 1. The highest BCUT2D eigenvalue weighted by Crippen LogP contribution is 2.54. The first-order valence-corrected chi connectivity index (χ1v) is 15.4. The molecule has 1 saturated heterocycles. The number of ether oxygens (including phenoxy) is 1. The molecule has 2 aliphatic heterocycles. The van der Waals surface area contributed by atoms with Gasteiger partial charge in [-0.2, -0.15) is 0 Å². The van der Waals surface area contributed by atoms with Crippen molar-refractivity contribution in [2.24, 2.45) is 5.92 Å². The maximum atomic E-state index is 13.9. The Morgan fingerprint density at radius 1 is 0.929 bits per heavy atom. The van der Waals surface area contributed by atoms with Crippen LogP contribution in [0.25, 0.3) is 0 Å². The maximum absolute atomic E-state index is 13.9. The van der Waals surface area contributed by atoms with E-state index in [1.165, 1.54) is 15.5 Å². The van der Waals surface area contributed by atoms with Crippen LogP contribution in [-0.2, 0) is 20.9 Å². The first kappa shape index (κ1) is 28.8. The van der Waals surface area contributed by atoms with Gasteiger partial charge in [-0.3, -0.25) is 23.7 Å². The fraction of sp³-hybridized carbons (Fsp3) is 0.172. The third-order valence-corrected chi connectivity index (χ3v) is 10.7. The van der Waals surface area contributed by atoms with Crippen molar-refractivity contribution in [3.63, 3.8) is 0 Å². The predicted octanol–water partition coefficient (Wildman–Crippen LogP) is 6.31. The molecule has 1 aromatic heterocycles. The molecular weight excluding hydrogens is 641 g/mol. The number of methoxy groups -OCH3 is 1. The quantitative estimate of drug-likeness (QED) is 0.244. The molecule has 0 bridgehead atoms. The lowest BCUT2D eigenvalue weighted by Crippen LogP contribution is -2.33. The Balaban J connectivity index is 1.40. The Bertz CT molecular complexity index is 1790. The Labute approximate surface area is 263 Å². The number of benzene rings is 3. The van der Waals surface area contributed by atoms with Crippen LogP contribution in [0.2, 0.25) is 15.1 Å². The number of carbonyl (C=O) groups is 3. The van der Waals surface area contributed by atoms with Crippen molar-refractivity contribution in [2.45, 2.75) is 22.7 Å². The molecule has 3 heterocycles. The molecule has 1 fully saturated rings. The summed E-state index contributed by atoms with van der Waals surface area (Å²) in [7, 11) is 1.55. The Morgan fingerprint density at radius 2 is 1.64 bits per heavy atom. The third kappa shape index (κ3) is 5.11. The molecule has 8 nitrogen and oxygen atoms in total. The van der Waals surface area contributed by atoms with Crippen LogP contribution in [0.15, 0.2) is 76.6 Å². The number of nitrogens with zero attached hydrogens (tertiary/aromatic N) is 2. The summed E-state index contributed by atoms with van der Waals surface area (Å²) in [6.45, 7) is -0.298. The Hall–Kier alpha value is -3.28. The molecule has 214 valence electrons. The molecule has 0 saturated carbocycles. The fourth-order valence-electron chi connectivity index (χ4n) is 5.19. The molecule has 0 aliphatic carbocycles. The molecule has 3 unspecified atom stereocenters. The molecule has 3 amide bonds. The van der Waals surface area contributed by atoms with E-state index in [-0.39, 0.29) is 22.3 Å². The number of nitrogens with one attached hydrogen (secondary N) is 1. The zero-order valence-corrected chi connectivity index (χ0v) is 25.6. The zero-order chi connectivity index (χ0) is 29.7. The number of hydrogen-bond donors (Lipinski definition) is 1. The SMILES string of the molecule is COc1ccc(C2c3sc(=O)n(CC(=O)Nc4ccc(Cl)c(Cl)c4)c3SC3C(=O)N(c4ccc(Cl)cc4)C(=O)C32)cc1. The number of anilines is 2. The minimum atomic E-state index is -0.814. The van der Waals surface area contributed by atoms with Crippen LogP contribution in [0.3, 0.4) is 0 Å². The standard InChI is InChI=1S/C29H20Cl3N3O5S2/c1-40-18-9-2-14(3-10-18)22-23-24(27(38)35(26(23)37)17-7-4-15(30)5-8-17)41-28-25(22)42-29(39)34(28)13-21(36)33-16-6-11-19(31)20(32)12-16/h2-12,22-24H,13H2,1H3,(H,33,36). The summed E-state index contributed by atoms with van der Waals surface area (Å²) >= 11 is 20.2. The highest BCUT2D eigenvalue weighted by atomic mass is 35.5. The highest BCUT2D eigenvalue weighted by molar-refractivity contribution is 8.00. The van der Waals surface area contributed by atoms with Crippen LogP contribution in [-0.4, -0.2) is 34.6 Å². The maximum Gasteiger partial charge on any atom is 0.308 e. The van der Waals surface area contributed by atoms with E-state index >= 15 is 0 Å². The number of imide groups is 1. The van der Waals surface area contributed by atoms with Gasteiger partial charge in [0.15, 0.2) is 0 Å². The van der Waals surface area contributed by atoms with Gasteiger partial charge in [0.05, 0.1) is 33.8 Å². The first-order chi connectivity index (χ1) is 20.2. The van der Waals surface area contributed by atoms with Gasteiger partial charge < -0.3 is 10.1 Å². The van der Waals surface area contributed by atoms with Crippen molar-refractivity contribution in [3.05, 3.63) is 102 Å². The number of carbonyl (C=O) groups excluding carboxylic acids is 3. The van der Waals surface area contributed by atoms with Crippen molar-refractivity contribution in [2.75, 3.05) is 17.3 Å². The van der Waals surface area contributed by atoms with Gasteiger partial charge in [0.1, 0.15) is 17.5 Å². The van der Waals surface area contributed by atoms with Crippen molar-refractivity contribution in [1.29, 1.82) is 0 Å². The van der Waals surface area contributed by atoms with E-state index < -0.39 is 28.9 Å². The van der Waals surface area contributed by atoms with Gasteiger partial charge in [-0.25, -0.2) is 4.90 Å². The molecule has 2 aliphatic rings. The van der Waals surface area contributed by atoms with E-state index in [0.29, 0.717) is 37.1 Å². The molecule has 0 spiro atoms. The summed E-state index contributed by atoms with van der Waals surface area (Å²) in [6.07, 6.45) is 0. The second-order valence-electron chi connectivity index (χ2n) is 9.60. The average Bonchev–Trinajstić information content (AvgIpc) is 3.41. The van der Waals surface area contributed by atoms with Gasteiger partial charge in [-0.05, 0) is 60.2 Å². The highest BCUT2D eigenvalue weighted by Gasteiger charge is 2.56. The minimum Gasteiger partial charge on any atom is -0.497 e. The van der Waals surface area contributed by atoms with Crippen LogP contribution >= 0.6 is 57.9 Å². The van der Waals surface area contributed by atoms with Crippen LogP contribution in [0.1, 0.15) is 16.4 Å². The average molecular weight is 661 g/mol. The lowest BCUT2D eigenvalue weighted by molar-refractivity contribution is -0.122. The summed E-state index contributed by atoms with van der Waals surface area (Å²) in [5.41, 5.74) is 1.59. The summed E-state index contributed by atoms with van der Waals surface area (Å²) in [5.74, 6) is -1.96. The molecular formula is C29H20Cl3N3O5S2. The predicted molar refractivity (Wildman–Crippen MR) is 166 cm³/mol. The smallest absolute Gasteiger partial charge is 0.308 e. The monoisotopic (exact) mass is 659 g/mol. The molecule has 42 heavy (non-hydrogen) atoms. The summed E-state index contributed by atoms with van der Waals surface area (Å²) in [4.78, 5) is 55.5. The van der Waals surface area contributed by atoms with E-state index in [9.17, 15) is 19.2 Å². The van der Waals surface area contributed by atoms with Gasteiger partial charge in [-0.15, -0.1) is 0 Å². The van der Waals surface area contributed by atoms with Crippen molar-refractivity contribution in [3.8, 4) is 5.75 Å². The summed E-state index contributed by atoms with van der Waals surface area (Å²) in [5, 5.41) is 3.50. The Morgan fingerprint density at radius 3 is 2.31 bits per heavy atom. The van der Waals surface area contributed by atoms with E-state index in [2.05, 4.69) is 5.32 Å². The molecule has 13 heteroatoms. The van der Waals surface area contributed by atoms with Gasteiger partial charge in [0, 0.05) is 21.5 Å². The van der Waals surface area contributed by atoms with Crippen LogP contribution < -0.4 is 19.8 Å². The molecule has 6 rings (SSSR count). The van der Waals surface area contributed by atoms with Gasteiger partial charge in [0.25, 0.3) is 0 Å². The number of thioether (sulfide) groups is 1. The topological polar surface area (TPSA) is 97.7 Å². The molecule has 0 radical (unpaired) electrons. The van der Waals surface area contributed by atoms with Crippen molar-refractivity contribution >= 4 is 87.0 Å². The molecule has 3 aromatic carbocycles. The summed E-state index contributed by atoms with van der Waals surface area (Å²) < 4.78 is 6.66. The first-order valence-electron chi connectivity index (χ1n) is 12.6. The number of halogens is 3. The summed E-state index contributed by atoms with van der Waals surface area (Å²) in [6, 6.07) is 18.4. The molecule has 3 atom stereocenters. The zero-order valence-electron chi connectivity index (χ0n) is 21.7. The van der Waals surface area contributed by atoms with Crippen LogP contribution in [0.5, 0.6) is 5.75 Å². The lowest BCUT2D eigenvalue weighted by atomic mass is 9.83. The Kier molecular flexibility index (Phi) is 7.84. The van der Waals surface area contributed by atoms with Gasteiger partial charge >= 0.3 is 4.87 Å². The normalized spacial score (nSPS) is 19.4. The largest absolute Gasteiger partial charge is 0.497 e. The number of fused-ring (bicyclic) bond motifs is 2.